The molecule has 2 aromatic rings. The zero-order valence-corrected chi connectivity index (χ0v) is 12.0. The minimum absolute atomic E-state index is 0.304. The largest absolute Gasteiger partial charge is 0.381 e. The molecule has 2 nitrogen and oxygen atoms in total. The maximum absolute atomic E-state index is 13.5. The topological polar surface area (TPSA) is 35.8 Å². The molecule has 2 rings (SSSR count). The highest BCUT2D eigenvalue weighted by Crippen LogP contribution is 2.24. The third-order valence-electron chi connectivity index (χ3n) is 2.87. The molecule has 4 heteroatoms. The molecular formula is C15H12BrFN2. The van der Waals surface area contributed by atoms with Crippen LogP contribution in [0.5, 0.6) is 0 Å². The van der Waals surface area contributed by atoms with Crippen LogP contribution in [-0.2, 0) is 6.54 Å². The Morgan fingerprint density at radius 3 is 2.79 bits per heavy atom. The van der Waals surface area contributed by atoms with Crippen molar-refractivity contribution in [1.29, 1.82) is 5.26 Å². The zero-order valence-electron chi connectivity index (χ0n) is 10.4. The molecule has 0 aromatic heterocycles. The normalized spacial score (nSPS) is 10.0. The predicted molar refractivity (Wildman–Crippen MR) is 77.3 cm³/mol. The molecule has 2 aromatic carbocycles. The predicted octanol–water partition coefficient (Wildman–Crippen LogP) is 4.38. The first-order chi connectivity index (χ1) is 9.11. The monoisotopic (exact) mass is 318 g/mol. The number of nitrogens with one attached hydrogen (secondary N) is 1. The van der Waals surface area contributed by atoms with Crippen molar-refractivity contribution in [2.45, 2.75) is 13.5 Å². The molecule has 0 saturated carbocycles. The Bertz CT molecular complexity index is 647. The van der Waals surface area contributed by atoms with Gasteiger partial charge in [0.1, 0.15) is 5.82 Å². The van der Waals surface area contributed by atoms with Crippen LogP contribution >= 0.6 is 15.9 Å². The zero-order chi connectivity index (χ0) is 13.8. The minimum Gasteiger partial charge on any atom is -0.381 e. The van der Waals surface area contributed by atoms with E-state index in [0.29, 0.717) is 16.6 Å². The third-order valence-corrected chi connectivity index (χ3v) is 3.48. The SMILES string of the molecule is Cc1cc(Br)c(F)cc1NCc1ccccc1C#N. The van der Waals surface area contributed by atoms with Crippen LogP contribution in [-0.4, -0.2) is 0 Å². The maximum atomic E-state index is 13.5. The van der Waals surface area contributed by atoms with Gasteiger partial charge in [-0.1, -0.05) is 18.2 Å². The van der Waals surface area contributed by atoms with E-state index in [4.69, 9.17) is 5.26 Å². The summed E-state index contributed by atoms with van der Waals surface area (Å²) in [7, 11) is 0. The highest BCUT2D eigenvalue weighted by Gasteiger charge is 2.06. The third kappa shape index (κ3) is 3.12. The van der Waals surface area contributed by atoms with E-state index in [0.717, 1.165) is 16.8 Å². The second kappa shape index (κ2) is 5.85. The number of hydrogen-bond donors (Lipinski definition) is 1. The summed E-state index contributed by atoms with van der Waals surface area (Å²) in [6.45, 7) is 2.40. The molecule has 0 spiro atoms. The summed E-state index contributed by atoms with van der Waals surface area (Å²) in [6.07, 6.45) is 0. The molecule has 96 valence electrons. The lowest BCUT2D eigenvalue weighted by molar-refractivity contribution is 0.621. The molecule has 0 fully saturated rings. The molecule has 0 saturated heterocycles. The van der Waals surface area contributed by atoms with Gasteiger partial charge in [-0.15, -0.1) is 0 Å². The van der Waals surface area contributed by atoms with Crippen molar-refractivity contribution in [1.82, 2.24) is 0 Å². The quantitative estimate of drug-likeness (QED) is 0.911. The van der Waals surface area contributed by atoms with Crippen LogP contribution in [0.4, 0.5) is 10.1 Å². The van der Waals surface area contributed by atoms with Crippen LogP contribution in [0.3, 0.4) is 0 Å². The minimum atomic E-state index is -0.304. The standard InChI is InChI=1S/C15H12BrFN2/c1-10-6-13(16)14(17)7-15(10)19-9-12-5-3-2-4-11(12)8-18/h2-7,19H,9H2,1H3. The van der Waals surface area contributed by atoms with Crippen LogP contribution < -0.4 is 5.32 Å². The van der Waals surface area contributed by atoms with Crippen molar-refractivity contribution in [2.24, 2.45) is 0 Å². The van der Waals surface area contributed by atoms with Gasteiger partial charge in [0, 0.05) is 12.2 Å². The summed E-state index contributed by atoms with van der Waals surface area (Å²) < 4.78 is 13.9. The van der Waals surface area contributed by atoms with Gasteiger partial charge >= 0.3 is 0 Å². The number of halogens is 2. The molecule has 0 aliphatic carbocycles. The van der Waals surface area contributed by atoms with Gasteiger partial charge in [-0.2, -0.15) is 5.26 Å². The van der Waals surface area contributed by atoms with E-state index in [-0.39, 0.29) is 5.82 Å². The fourth-order valence-electron chi connectivity index (χ4n) is 1.81. The summed E-state index contributed by atoms with van der Waals surface area (Å²) in [5.41, 5.74) is 3.20. The van der Waals surface area contributed by atoms with E-state index in [1.807, 2.05) is 25.1 Å². The van der Waals surface area contributed by atoms with Crippen molar-refractivity contribution in [3.63, 3.8) is 0 Å². The Balaban J connectivity index is 2.20. The molecule has 0 radical (unpaired) electrons. The van der Waals surface area contributed by atoms with E-state index in [2.05, 4.69) is 27.3 Å². The summed E-state index contributed by atoms with van der Waals surface area (Å²) in [5, 5.41) is 12.2. The van der Waals surface area contributed by atoms with Gasteiger partial charge in [0.2, 0.25) is 0 Å². The van der Waals surface area contributed by atoms with Crippen LogP contribution in [0.15, 0.2) is 40.9 Å². The summed E-state index contributed by atoms with van der Waals surface area (Å²) in [6, 6.07) is 12.7. The Labute approximate surface area is 120 Å². The van der Waals surface area contributed by atoms with Crippen molar-refractivity contribution < 1.29 is 4.39 Å². The van der Waals surface area contributed by atoms with Crippen molar-refractivity contribution >= 4 is 21.6 Å². The molecule has 0 aliphatic rings. The second-order valence-electron chi connectivity index (χ2n) is 4.20. The lowest BCUT2D eigenvalue weighted by Crippen LogP contribution is -2.03. The summed E-state index contributed by atoms with van der Waals surface area (Å²) in [5.74, 6) is -0.304. The van der Waals surface area contributed by atoms with E-state index in [9.17, 15) is 4.39 Å². The highest BCUT2D eigenvalue weighted by atomic mass is 79.9. The number of nitriles is 1. The van der Waals surface area contributed by atoms with Crippen LogP contribution in [0.1, 0.15) is 16.7 Å². The molecule has 0 bridgehead atoms. The first-order valence-corrected chi connectivity index (χ1v) is 6.58. The maximum Gasteiger partial charge on any atom is 0.139 e. The summed E-state index contributed by atoms with van der Waals surface area (Å²) in [4.78, 5) is 0. The molecule has 0 amide bonds. The molecule has 0 aliphatic heterocycles. The van der Waals surface area contributed by atoms with Gasteiger partial charge in [-0.3, -0.25) is 0 Å². The molecule has 19 heavy (non-hydrogen) atoms. The van der Waals surface area contributed by atoms with E-state index < -0.39 is 0 Å². The van der Waals surface area contributed by atoms with E-state index in [1.165, 1.54) is 6.07 Å². The second-order valence-corrected chi connectivity index (χ2v) is 5.06. The Morgan fingerprint density at radius 2 is 2.05 bits per heavy atom. The van der Waals surface area contributed by atoms with Gasteiger partial charge in [0.25, 0.3) is 0 Å². The average Bonchev–Trinajstić information content (AvgIpc) is 2.41. The van der Waals surface area contributed by atoms with Gasteiger partial charge in [0.05, 0.1) is 16.1 Å². The van der Waals surface area contributed by atoms with Crippen LogP contribution in [0.25, 0.3) is 0 Å². The lowest BCUT2D eigenvalue weighted by Gasteiger charge is -2.11. The van der Waals surface area contributed by atoms with Gasteiger partial charge in [-0.05, 0) is 52.2 Å². The van der Waals surface area contributed by atoms with Crippen LogP contribution in [0.2, 0.25) is 0 Å². The fourth-order valence-corrected chi connectivity index (χ4v) is 2.27. The van der Waals surface area contributed by atoms with Crippen molar-refractivity contribution in [2.75, 3.05) is 5.32 Å². The molecule has 0 heterocycles. The average molecular weight is 319 g/mol. The number of hydrogen-bond acceptors (Lipinski definition) is 2. The summed E-state index contributed by atoms with van der Waals surface area (Å²) >= 11 is 3.15. The van der Waals surface area contributed by atoms with Gasteiger partial charge < -0.3 is 5.32 Å². The highest BCUT2D eigenvalue weighted by molar-refractivity contribution is 9.10. The number of aryl methyl sites for hydroxylation is 1. The van der Waals surface area contributed by atoms with Crippen LogP contribution in [0, 0.1) is 24.1 Å². The Kier molecular flexibility index (Phi) is 4.18. The van der Waals surface area contributed by atoms with Gasteiger partial charge in [-0.25, -0.2) is 4.39 Å². The van der Waals surface area contributed by atoms with Crippen molar-refractivity contribution in [3.8, 4) is 6.07 Å². The number of nitrogens with zero attached hydrogens (tertiary/aromatic N) is 1. The first kappa shape index (κ1) is 13.6. The molecule has 0 atom stereocenters. The fraction of sp³-hybridized carbons (Fsp3) is 0.133. The Morgan fingerprint density at radius 1 is 1.32 bits per heavy atom. The van der Waals surface area contributed by atoms with E-state index in [1.54, 1.807) is 12.1 Å². The van der Waals surface area contributed by atoms with E-state index >= 15 is 0 Å². The lowest BCUT2D eigenvalue weighted by atomic mass is 10.1. The molecular weight excluding hydrogens is 307 g/mol. The number of rotatable bonds is 3. The first-order valence-electron chi connectivity index (χ1n) is 5.79. The number of anilines is 1. The number of benzene rings is 2. The van der Waals surface area contributed by atoms with Gasteiger partial charge in [0.15, 0.2) is 0 Å². The smallest absolute Gasteiger partial charge is 0.139 e. The Hall–Kier alpha value is -1.86. The molecule has 0 unspecified atom stereocenters. The molecule has 1 N–H and O–H groups in total. The van der Waals surface area contributed by atoms with Crippen molar-refractivity contribution in [3.05, 3.63) is 63.4 Å².